The van der Waals surface area contributed by atoms with Crippen molar-refractivity contribution in [1.82, 2.24) is 14.9 Å². The number of urea groups is 1. The summed E-state index contributed by atoms with van der Waals surface area (Å²) in [4.78, 5) is 21.8. The maximum absolute atomic E-state index is 12.4. The number of aliphatic hydroxyl groups is 1. The highest BCUT2D eigenvalue weighted by Gasteiger charge is 2.23. The molecule has 2 N–H and O–H groups in total. The number of anilines is 1. The molecule has 116 valence electrons. The van der Waals surface area contributed by atoms with Crippen molar-refractivity contribution < 1.29 is 9.90 Å². The minimum Gasteiger partial charge on any atom is -0.389 e. The average molecular weight is 300 g/mol. The van der Waals surface area contributed by atoms with Crippen LogP contribution in [-0.4, -0.2) is 38.2 Å². The zero-order valence-corrected chi connectivity index (χ0v) is 12.7. The molecule has 0 aliphatic carbocycles. The van der Waals surface area contributed by atoms with Gasteiger partial charge in [-0.05, 0) is 25.5 Å². The Morgan fingerprint density at radius 3 is 2.59 bits per heavy atom. The van der Waals surface area contributed by atoms with E-state index in [1.54, 1.807) is 31.0 Å². The summed E-state index contributed by atoms with van der Waals surface area (Å²) < 4.78 is 0. The van der Waals surface area contributed by atoms with E-state index in [2.05, 4.69) is 15.3 Å². The first kappa shape index (κ1) is 15.9. The molecule has 2 aromatic rings. The van der Waals surface area contributed by atoms with Crippen molar-refractivity contribution in [3.05, 3.63) is 54.5 Å². The molecule has 6 heteroatoms. The number of carbonyl (C=O) groups is 1. The average Bonchev–Trinajstić information content (AvgIpc) is 2.47. The van der Waals surface area contributed by atoms with Gasteiger partial charge in [0.2, 0.25) is 0 Å². The first-order valence-electron chi connectivity index (χ1n) is 7.02. The molecule has 1 heterocycles. The SMILES string of the molecule is CC(C)(O)CN(Cc1ccccc1)C(=O)Nc1ccncn1. The summed E-state index contributed by atoms with van der Waals surface area (Å²) in [6.07, 6.45) is 2.92. The van der Waals surface area contributed by atoms with E-state index >= 15 is 0 Å². The van der Waals surface area contributed by atoms with E-state index in [1.807, 2.05) is 30.3 Å². The maximum Gasteiger partial charge on any atom is 0.323 e. The Morgan fingerprint density at radius 2 is 2.00 bits per heavy atom. The fourth-order valence-electron chi connectivity index (χ4n) is 2.02. The van der Waals surface area contributed by atoms with Crippen LogP contribution in [0.15, 0.2) is 48.9 Å². The van der Waals surface area contributed by atoms with Crippen molar-refractivity contribution in [3.8, 4) is 0 Å². The van der Waals surface area contributed by atoms with E-state index in [4.69, 9.17) is 0 Å². The highest BCUT2D eigenvalue weighted by Crippen LogP contribution is 2.12. The molecule has 1 aromatic heterocycles. The molecule has 0 aliphatic rings. The Hall–Kier alpha value is -2.47. The Labute approximate surface area is 129 Å². The first-order valence-corrected chi connectivity index (χ1v) is 7.02. The number of rotatable bonds is 5. The summed E-state index contributed by atoms with van der Waals surface area (Å²) in [7, 11) is 0. The number of benzene rings is 1. The van der Waals surface area contributed by atoms with Gasteiger partial charge in [0.05, 0.1) is 12.1 Å². The summed E-state index contributed by atoms with van der Waals surface area (Å²) in [6.45, 7) is 3.95. The topological polar surface area (TPSA) is 78.4 Å². The zero-order chi connectivity index (χ0) is 16.0. The molecule has 1 aromatic carbocycles. The van der Waals surface area contributed by atoms with E-state index < -0.39 is 5.60 Å². The lowest BCUT2D eigenvalue weighted by Crippen LogP contribution is -2.43. The van der Waals surface area contributed by atoms with Crippen molar-refractivity contribution in [2.24, 2.45) is 0 Å². The van der Waals surface area contributed by atoms with Crippen molar-refractivity contribution in [1.29, 1.82) is 0 Å². The standard InChI is InChI=1S/C16H20N4O2/c1-16(2,22)11-20(10-13-6-4-3-5-7-13)15(21)19-14-8-9-17-12-18-14/h3-9,12,22H,10-11H2,1-2H3,(H,17,18,19,21). The van der Waals surface area contributed by atoms with E-state index in [1.165, 1.54) is 6.33 Å². The van der Waals surface area contributed by atoms with Crippen LogP contribution in [0.2, 0.25) is 0 Å². The molecule has 6 nitrogen and oxygen atoms in total. The van der Waals surface area contributed by atoms with Gasteiger partial charge in [-0.25, -0.2) is 14.8 Å². The largest absolute Gasteiger partial charge is 0.389 e. The smallest absolute Gasteiger partial charge is 0.323 e. The predicted octanol–water partition coefficient (Wildman–Crippen LogP) is 2.28. The number of aromatic nitrogens is 2. The van der Waals surface area contributed by atoms with E-state index in [0.717, 1.165) is 5.56 Å². The van der Waals surface area contributed by atoms with Crippen LogP contribution >= 0.6 is 0 Å². The number of carbonyl (C=O) groups excluding carboxylic acids is 1. The predicted molar refractivity (Wildman–Crippen MR) is 84.2 cm³/mol. The molecule has 0 aliphatic heterocycles. The van der Waals surface area contributed by atoms with E-state index in [9.17, 15) is 9.90 Å². The fraction of sp³-hybridized carbons (Fsp3) is 0.312. The third-order valence-corrected chi connectivity index (χ3v) is 2.90. The van der Waals surface area contributed by atoms with Crippen LogP contribution in [0.1, 0.15) is 19.4 Å². The van der Waals surface area contributed by atoms with E-state index in [-0.39, 0.29) is 12.6 Å². The van der Waals surface area contributed by atoms with Gasteiger partial charge in [-0.1, -0.05) is 30.3 Å². The second kappa shape index (κ2) is 7.00. The number of amides is 2. The zero-order valence-electron chi connectivity index (χ0n) is 12.7. The molecule has 2 rings (SSSR count). The van der Waals surface area contributed by atoms with Crippen LogP contribution in [-0.2, 0) is 6.54 Å². The summed E-state index contributed by atoms with van der Waals surface area (Å²) in [5, 5.41) is 12.7. The molecule has 0 bridgehead atoms. The molecule has 0 saturated heterocycles. The van der Waals surface area contributed by atoms with Gasteiger partial charge in [-0.2, -0.15) is 0 Å². The van der Waals surface area contributed by atoms with Crippen LogP contribution in [0.25, 0.3) is 0 Å². The molecule has 0 radical (unpaired) electrons. The van der Waals surface area contributed by atoms with Gasteiger partial charge in [0.1, 0.15) is 12.1 Å². The van der Waals surface area contributed by atoms with Gasteiger partial charge in [0.25, 0.3) is 0 Å². The Kier molecular flexibility index (Phi) is 5.06. The number of nitrogens with zero attached hydrogens (tertiary/aromatic N) is 3. The van der Waals surface area contributed by atoms with Crippen LogP contribution in [0.5, 0.6) is 0 Å². The number of nitrogens with one attached hydrogen (secondary N) is 1. The molecule has 0 unspecified atom stereocenters. The van der Waals surface area contributed by atoms with Gasteiger partial charge in [0, 0.05) is 12.7 Å². The Balaban J connectivity index is 2.11. The molecule has 0 saturated carbocycles. The van der Waals surface area contributed by atoms with Crippen LogP contribution < -0.4 is 5.32 Å². The summed E-state index contributed by atoms with van der Waals surface area (Å²) in [6, 6.07) is 10.9. The minimum absolute atomic E-state index is 0.207. The first-order chi connectivity index (χ1) is 10.4. The number of hydrogen-bond acceptors (Lipinski definition) is 4. The van der Waals surface area contributed by atoms with Crippen LogP contribution in [0, 0.1) is 0 Å². The lowest BCUT2D eigenvalue weighted by Gasteiger charge is -2.29. The molecule has 0 spiro atoms. The van der Waals surface area contributed by atoms with Crippen molar-refractivity contribution in [2.75, 3.05) is 11.9 Å². The summed E-state index contributed by atoms with van der Waals surface area (Å²) >= 11 is 0. The summed E-state index contributed by atoms with van der Waals surface area (Å²) in [5.74, 6) is 0.425. The monoisotopic (exact) mass is 300 g/mol. The van der Waals surface area contributed by atoms with Gasteiger partial charge in [-0.15, -0.1) is 0 Å². The van der Waals surface area contributed by atoms with Gasteiger partial charge in [-0.3, -0.25) is 5.32 Å². The summed E-state index contributed by atoms with van der Waals surface area (Å²) in [5.41, 5.74) is 0.00206. The number of hydrogen-bond donors (Lipinski definition) is 2. The fourth-order valence-corrected chi connectivity index (χ4v) is 2.02. The lowest BCUT2D eigenvalue weighted by atomic mass is 10.1. The molecule has 22 heavy (non-hydrogen) atoms. The second-order valence-corrected chi connectivity index (χ2v) is 5.68. The Bertz CT molecular complexity index is 597. The molecular formula is C16H20N4O2. The Morgan fingerprint density at radius 1 is 1.27 bits per heavy atom. The van der Waals surface area contributed by atoms with Crippen LogP contribution in [0.4, 0.5) is 10.6 Å². The van der Waals surface area contributed by atoms with Gasteiger partial charge < -0.3 is 10.0 Å². The van der Waals surface area contributed by atoms with Crippen LogP contribution in [0.3, 0.4) is 0 Å². The van der Waals surface area contributed by atoms with Gasteiger partial charge >= 0.3 is 6.03 Å². The maximum atomic E-state index is 12.4. The highest BCUT2D eigenvalue weighted by molar-refractivity contribution is 5.88. The lowest BCUT2D eigenvalue weighted by molar-refractivity contribution is 0.0469. The molecule has 0 fully saturated rings. The second-order valence-electron chi connectivity index (χ2n) is 5.68. The molecule has 0 atom stereocenters. The van der Waals surface area contributed by atoms with Crippen molar-refractivity contribution >= 4 is 11.8 Å². The van der Waals surface area contributed by atoms with E-state index in [0.29, 0.717) is 12.4 Å². The molecule has 2 amide bonds. The van der Waals surface area contributed by atoms with Crippen molar-refractivity contribution in [2.45, 2.75) is 26.0 Å². The quantitative estimate of drug-likeness (QED) is 0.888. The molecular weight excluding hydrogens is 280 g/mol. The van der Waals surface area contributed by atoms with Gasteiger partial charge in [0.15, 0.2) is 0 Å². The third-order valence-electron chi connectivity index (χ3n) is 2.90. The highest BCUT2D eigenvalue weighted by atomic mass is 16.3. The normalized spacial score (nSPS) is 11.0. The van der Waals surface area contributed by atoms with Crippen molar-refractivity contribution in [3.63, 3.8) is 0 Å². The minimum atomic E-state index is -0.988. The third kappa shape index (κ3) is 5.14.